The zero-order chi connectivity index (χ0) is 13.0. The van der Waals surface area contributed by atoms with Crippen LogP contribution in [0, 0.1) is 0 Å². The third kappa shape index (κ3) is 2.79. The number of methoxy groups -OCH3 is 1. The molecule has 2 rings (SSSR count). The summed E-state index contributed by atoms with van der Waals surface area (Å²) in [6.07, 6.45) is 0. The summed E-state index contributed by atoms with van der Waals surface area (Å²) in [6, 6.07) is 8.54. The smallest absolute Gasteiger partial charge is 0.374 e. The van der Waals surface area contributed by atoms with Crippen LogP contribution in [0.3, 0.4) is 0 Å². The maximum Gasteiger partial charge on any atom is 0.374 e. The number of hydrogen-bond acceptors (Lipinski definition) is 5. The van der Waals surface area contributed by atoms with Gasteiger partial charge in [-0.1, -0.05) is 12.1 Å². The average Bonchev–Trinajstić information content (AvgIpc) is 2.86. The van der Waals surface area contributed by atoms with Crippen molar-refractivity contribution in [1.29, 1.82) is 0 Å². The van der Waals surface area contributed by atoms with Crippen LogP contribution in [-0.4, -0.2) is 23.3 Å². The Kier molecular flexibility index (Phi) is 3.47. The first kappa shape index (κ1) is 12.0. The van der Waals surface area contributed by atoms with Crippen LogP contribution >= 0.6 is 0 Å². The van der Waals surface area contributed by atoms with E-state index >= 15 is 0 Å². The van der Waals surface area contributed by atoms with E-state index in [2.05, 4.69) is 9.68 Å². The van der Waals surface area contributed by atoms with Gasteiger partial charge in [0.25, 0.3) is 5.88 Å². The SMILES string of the molecule is COc1ccc(COc2cc(C(=O)O)on2)cc1. The average molecular weight is 249 g/mol. The van der Waals surface area contributed by atoms with E-state index in [0.29, 0.717) is 0 Å². The first-order chi connectivity index (χ1) is 8.69. The summed E-state index contributed by atoms with van der Waals surface area (Å²) in [7, 11) is 1.59. The number of nitrogens with zero attached hydrogens (tertiary/aromatic N) is 1. The van der Waals surface area contributed by atoms with Gasteiger partial charge in [0.1, 0.15) is 12.4 Å². The van der Waals surface area contributed by atoms with Gasteiger partial charge in [0.05, 0.1) is 13.2 Å². The topological polar surface area (TPSA) is 81.8 Å². The van der Waals surface area contributed by atoms with Crippen molar-refractivity contribution in [3.05, 3.63) is 41.7 Å². The lowest BCUT2D eigenvalue weighted by atomic mass is 10.2. The van der Waals surface area contributed by atoms with Gasteiger partial charge in [-0.25, -0.2) is 4.79 Å². The zero-order valence-electron chi connectivity index (χ0n) is 9.62. The van der Waals surface area contributed by atoms with Crippen LogP contribution in [0.25, 0.3) is 0 Å². The molecule has 0 fully saturated rings. The van der Waals surface area contributed by atoms with Crippen LogP contribution in [0.1, 0.15) is 16.1 Å². The molecule has 18 heavy (non-hydrogen) atoms. The van der Waals surface area contributed by atoms with Crippen molar-refractivity contribution >= 4 is 5.97 Å². The van der Waals surface area contributed by atoms with E-state index in [4.69, 9.17) is 14.6 Å². The lowest BCUT2D eigenvalue weighted by Crippen LogP contribution is -1.95. The van der Waals surface area contributed by atoms with E-state index in [1.165, 1.54) is 6.07 Å². The maximum absolute atomic E-state index is 10.6. The Hall–Kier alpha value is -2.50. The predicted molar refractivity (Wildman–Crippen MR) is 60.8 cm³/mol. The molecule has 1 aromatic carbocycles. The van der Waals surface area contributed by atoms with E-state index in [9.17, 15) is 4.79 Å². The minimum Gasteiger partial charge on any atom is -0.497 e. The number of carboxylic acid groups (broad SMARTS) is 1. The number of benzene rings is 1. The Labute approximate surface area is 103 Å². The highest BCUT2D eigenvalue weighted by Gasteiger charge is 2.11. The van der Waals surface area contributed by atoms with Gasteiger partial charge in [0.15, 0.2) is 0 Å². The molecule has 1 N–H and O–H groups in total. The van der Waals surface area contributed by atoms with Crippen molar-refractivity contribution in [1.82, 2.24) is 5.16 Å². The molecule has 94 valence electrons. The van der Waals surface area contributed by atoms with Crippen LogP contribution in [0.2, 0.25) is 0 Å². The predicted octanol–water partition coefficient (Wildman–Crippen LogP) is 1.96. The molecule has 0 unspecified atom stereocenters. The molecule has 0 saturated carbocycles. The van der Waals surface area contributed by atoms with Gasteiger partial charge in [0, 0.05) is 0 Å². The molecule has 0 aliphatic rings. The van der Waals surface area contributed by atoms with E-state index in [-0.39, 0.29) is 18.2 Å². The quantitative estimate of drug-likeness (QED) is 0.872. The van der Waals surface area contributed by atoms with Gasteiger partial charge >= 0.3 is 5.97 Å². The number of rotatable bonds is 5. The maximum atomic E-state index is 10.6. The molecule has 0 aliphatic carbocycles. The molecular formula is C12H11NO5. The summed E-state index contributed by atoms with van der Waals surface area (Å²) in [4.78, 5) is 10.6. The van der Waals surface area contributed by atoms with E-state index < -0.39 is 5.97 Å². The Morgan fingerprint density at radius 3 is 2.67 bits per heavy atom. The molecule has 2 aromatic rings. The summed E-state index contributed by atoms with van der Waals surface area (Å²) in [5.74, 6) is -0.530. The lowest BCUT2D eigenvalue weighted by Gasteiger charge is -2.03. The Bertz CT molecular complexity index is 532. The van der Waals surface area contributed by atoms with E-state index in [0.717, 1.165) is 11.3 Å². The van der Waals surface area contributed by atoms with Crippen molar-refractivity contribution in [2.24, 2.45) is 0 Å². The molecule has 0 atom stereocenters. The normalized spacial score (nSPS) is 10.1. The molecule has 0 bridgehead atoms. The van der Waals surface area contributed by atoms with Crippen LogP contribution < -0.4 is 9.47 Å². The zero-order valence-corrected chi connectivity index (χ0v) is 9.62. The number of hydrogen-bond donors (Lipinski definition) is 1. The largest absolute Gasteiger partial charge is 0.497 e. The van der Waals surface area contributed by atoms with Crippen LogP contribution in [0.15, 0.2) is 34.9 Å². The lowest BCUT2D eigenvalue weighted by molar-refractivity contribution is 0.0651. The summed E-state index contributed by atoms with van der Waals surface area (Å²) in [5.41, 5.74) is 0.913. The molecule has 1 heterocycles. The van der Waals surface area contributed by atoms with Crippen molar-refractivity contribution in [2.45, 2.75) is 6.61 Å². The van der Waals surface area contributed by atoms with Gasteiger partial charge in [-0.15, -0.1) is 0 Å². The van der Waals surface area contributed by atoms with Gasteiger partial charge in [-0.05, 0) is 22.9 Å². The Morgan fingerprint density at radius 1 is 1.39 bits per heavy atom. The highest BCUT2D eigenvalue weighted by molar-refractivity contribution is 5.84. The fraction of sp³-hybridized carbons (Fsp3) is 0.167. The molecule has 1 aromatic heterocycles. The minimum absolute atomic E-state index is 0.142. The molecular weight excluding hydrogens is 238 g/mol. The number of aromatic nitrogens is 1. The highest BCUT2D eigenvalue weighted by Crippen LogP contribution is 2.15. The molecule has 0 amide bonds. The van der Waals surface area contributed by atoms with Gasteiger partial charge in [0.2, 0.25) is 5.76 Å². The second-order valence-corrected chi connectivity index (χ2v) is 3.47. The van der Waals surface area contributed by atoms with Crippen molar-refractivity contribution in [2.75, 3.05) is 7.11 Å². The number of carboxylic acids is 1. The molecule has 0 radical (unpaired) electrons. The van der Waals surface area contributed by atoms with Gasteiger partial charge < -0.3 is 19.1 Å². The van der Waals surface area contributed by atoms with E-state index in [1.807, 2.05) is 24.3 Å². The standard InChI is InChI=1S/C12H11NO5/c1-16-9-4-2-8(3-5-9)7-17-11-6-10(12(14)15)18-13-11/h2-6H,7H2,1H3,(H,14,15). The minimum atomic E-state index is -1.18. The summed E-state index contributed by atoms with van der Waals surface area (Å²) >= 11 is 0. The fourth-order valence-corrected chi connectivity index (χ4v) is 1.31. The van der Waals surface area contributed by atoms with Crippen molar-refractivity contribution in [3.8, 4) is 11.6 Å². The molecule has 0 saturated heterocycles. The van der Waals surface area contributed by atoms with Crippen LogP contribution in [-0.2, 0) is 6.61 Å². The summed E-state index contributed by atoms with van der Waals surface area (Å²) < 4.78 is 14.9. The monoisotopic (exact) mass is 249 g/mol. The second-order valence-electron chi connectivity index (χ2n) is 3.47. The fourth-order valence-electron chi connectivity index (χ4n) is 1.31. The molecule has 6 nitrogen and oxygen atoms in total. The summed E-state index contributed by atoms with van der Waals surface area (Å²) in [6.45, 7) is 0.273. The Morgan fingerprint density at radius 2 is 2.11 bits per heavy atom. The number of aromatic carboxylic acids is 1. The number of ether oxygens (including phenoxy) is 2. The van der Waals surface area contributed by atoms with Gasteiger partial charge in [-0.2, -0.15) is 0 Å². The Balaban J connectivity index is 1.95. The van der Waals surface area contributed by atoms with Crippen molar-refractivity contribution in [3.63, 3.8) is 0 Å². The second kappa shape index (κ2) is 5.22. The van der Waals surface area contributed by atoms with Crippen LogP contribution in [0.4, 0.5) is 0 Å². The third-order valence-corrected chi connectivity index (χ3v) is 2.25. The molecule has 0 aliphatic heterocycles. The molecule has 0 spiro atoms. The van der Waals surface area contributed by atoms with Crippen molar-refractivity contribution < 1.29 is 23.9 Å². The van der Waals surface area contributed by atoms with Crippen LogP contribution in [0.5, 0.6) is 11.6 Å². The molecule has 6 heteroatoms. The first-order valence-corrected chi connectivity index (χ1v) is 5.15. The van der Waals surface area contributed by atoms with Gasteiger partial charge in [-0.3, -0.25) is 0 Å². The van der Waals surface area contributed by atoms with E-state index in [1.54, 1.807) is 7.11 Å². The number of carbonyl (C=O) groups is 1. The first-order valence-electron chi connectivity index (χ1n) is 5.15. The third-order valence-electron chi connectivity index (χ3n) is 2.25. The summed E-state index contributed by atoms with van der Waals surface area (Å²) in [5, 5.41) is 12.1. The highest BCUT2D eigenvalue weighted by atomic mass is 16.5.